The Morgan fingerprint density at radius 3 is 2.20 bits per heavy atom. The van der Waals surface area contributed by atoms with Gasteiger partial charge in [0.05, 0.1) is 11.3 Å². The Labute approximate surface area is 151 Å². The Balaban J connectivity index is 2.13. The Bertz CT molecular complexity index is 518. The lowest BCUT2D eigenvalue weighted by Crippen LogP contribution is -2.24. The average molecular weight is 348 g/mol. The molecule has 0 radical (unpaired) electrons. The van der Waals surface area contributed by atoms with Gasteiger partial charge in [-0.05, 0) is 18.6 Å². The molecule has 0 aliphatic carbocycles. The predicted molar refractivity (Wildman–Crippen MR) is 102 cm³/mol. The Kier molecular flexibility index (Phi) is 11.2. The van der Waals surface area contributed by atoms with Gasteiger partial charge >= 0.3 is 0 Å². The van der Waals surface area contributed by atoms with Crippen molar-refractivity contribution in [3.8, 4) is 5.75 Å². The minimum Gasteiger partial charge on any atom is -0.505 e. The van der Waals surface area contributed by atoms with Crippen molar-refractivity contribution in [2.75, 3.05) is 11.9 Å². The SMILES string of the molecule is CCCCCCCCCCCCNC(=O)c1cccc(NC=O)c1O. The molecule has 0 aliphatic rings. The number of unbranched alkanes of at least 4 members (excludes halogenated alkanes) is 9. The van der Waals surface area contributed by atoms with Crippen molar-refractivity contribution in [2.45, 2.75) is 71.1 Å². The van der Waals surface area contributed by atoms with Gasteiger partial charge in [0.15, 0.2) is 5.75 Å². The lowest BCUT2D eigenvalue weighted by atomic mass is 10.1. The van der Waals surface area contributed by atoms with E-state index in [4.69, 9.17) is 0 Å². The monoisotopic (exact) mass is 348 g/mol. The second kappa shape index (κ2) is 13.3. The van der Waals surface area contributed by atoms with E-state index in [1.807, 2.05) is 0 Å². The molecule has 1 aromatic rings. The molecule has 0 aromatic heterocycles. The van der Waals surface area contributed by atoms with Gasteiger partial charge in [0.1, 0.15) is 0 Å². The number of benzene rings is 1. The van der Waals surface area contributed by atoms with Crippen LogP contribution in [0.4, 0.5) is 5.69 Å². The standard InChI is InChI=1S/C20H32N2O3/c1-2-3-4-5-6-7-8-9-10-11-15-21-20(25)17-13-12-14-18(19(17)24)22-16-23/h12-14,16,24H,2-11,15H2,1H3,(H,21,25)(H,22,23). The number of carbonyl (C=O) groups excluding carboxylic acids is 2. The third kappa shape index (κ3) is 8.57. The number of phenolic OH excluding ortho intramolecular Hbond substituents is 1. The van der Waals surface area contributed by atoms with E-state index < -0.39 is 0 Å². The summed E-state index contributed by atoms with van der Waals surface area (Å²) in [5, 5.41) is 15.2. The molecule has 25 heavy (non-hydrogen) atoms. The van der Waals surface area contributed by atoms with Gasteiger partial charge in [0.2, 0.25) is 6.41 Å². The minimum atomic E-state index is -0.317. The second-order valence-corrected chi connectivity index (χ2v) is 6.40. The van der Waals surface area contributed by atoms with Crippen LogP contribution in [0.15, 0.2) is 18.2 Å². The van der Waals surface area contributed by atoms with Crippen LogP contribution in [-0.2, 0) is 4.79 Å². The third-order valence-electron chi connectivity index (χ3n) is 4.31. The van der Waals surface area contributed by atoms with Crippen LogP contribution in [0.1, 0.15) is 81.5 Å². The highest BCUT2D eigenvalue weighted by Crippen LogP contribution is 2.26. The molecule has 0 saturated heterocycles. The molecule has 0 unspecified atom stereocenters. The summed E-state index contributed by atoms with van der Waals surface area (Å²) in [4.78, 5) is 22.6. The molecule has 5 heteroatoms. The van der Waals surface area contributed by atoms with Crippen LogP contribution in [-0.4, -0.2) is 24.0 Å². The van der Waals surface area contributed by atoms with Gasteiger partial charge in [-0.1, -0.05) is 70.8 Å². The normalized spacial score (nSPS) is 10.4. The first kappa shape index (κ1) is 21.0. The van der Waals surface area contributed by atoms with Crippen LogP contribution >= 0.6 is 0 Å². The minimum absolute atomic E-state index is 0.180. The maximum absolute atomic E-state index is 12.1. The number of anilines is 1. The van der Waals surface area contributed by atoms with Crippen molar-refractivity contribution < 1.29 is 14.7 Å². The van der Waals surface area contributed by atoms with Gasteiger partial charge in [0.25, 0.3) is 5.91 Å². The summed E-state index contributed by atoms with van der Waals surface area (Å²) in [6, 6.07) is 4.71. The fourth-order valence-electron chi connectivity index (χ4n) is 2.82. The Morgan fingerprint density at radius 2 is 1.60 bits per heavy atom. The molecule has 0 aliphatic heterocycles. The van der Waals surface area contributed by atoms with Crippen LogP contribution in [0.25, 0.3) is 0 Å². The zero-order valence-corrected chi connectivity index (χ0v) is 15.4. The maximum Gasteiger partial charge on any atom is 0.255 e. The fourth-order valence-corrected chi connectivity index (χ4v) is 2.82. The molecule has 0 saturated carbocycles. The first-order chi connectivity index (χ1) is 12.2. The first-order valence-electron chi connectivity index (χ1n) is 9.51. The number of hydrogen-bond acceptors (Lipinski definition) is 3. The molecule has 2 amide bonds. The van der Waals surface area contributed by atoms with E-state index in [2.05, 4.69) is 17.6 Å². The topological polar surface area (TPSA) is 78.4 Å². The third-order valence-corrected chi connectivity index (χ3v) is 4.31. The largest absolute Gasteiger partial charge is 0.505 e. The summed E-state index contributed by atoms with van der Waals surface area (Å²) in [5.74, 6) is -0.516. The van der Waals surface area contributed by atoms with E-state index in [1.54, 1.807) is 18.2 Å². The van der Waals surface area contributed by atoms with Crippen molar-refractivity contribution in [3.05, 3.63) is 23.8 Å². The highest BCUT2D eigenvalue weighted by atomic mass is 16.3. The van der Waals surface area contributed by atoms with E-state index in [-0.39, 0.29) is 22.9 Å². The summed E-state index contributed by atoms with van der Waals surface area (Å²) < 4.78 is 0. The number of rotatable bonds is 14. The molecule has 0 heterocycles. The molecule has 0 fully saturated rings. The number of aromatic hydroxyl groups is 1. The number of nitrogens with one attached hydrogen (secondary N) is 2. The number of carbonyl (C=O) groups is 2. The summed E-state index contributed by atoms with van der Waals surface area (Å²) in [7, 11) is 0. The molecular formula is C20H32N2O3. The van der Waals surface area contributed by atoms with Crippen molar-refractivity contribution >= 4 is 18.0 Å². The Hall–Kier alpha value is -2.04. The fraction of sp³-hybridized carbons (Fsp3) is 0.600. The maximum atomic E-state index is 12.1. The Morgan fingerprint density at radius 1 is 1.00 bits per heavy atom. The molecule has 1 rings (SSSR count). The lowest BCUT2D eigenvalue weighted by Gasteiger charge is -2.09. The molecule has 0 atom stereocenters. The zero-order chi connectivity index (χ0) is 18.3. The number of amides is 2. The predicted octanol–water partition coefficient (Wildman–Crippen LogP) is 4.61. The van der Waals surface area contributed by atoms with E-state index in [0.29, 0.717) is 13.0 Å². The molecule has 3 N–H and O–H groups in total. The molecule has 140 valence electrons. The van der Waals surface area contributed by atoms with Crippen LogP contribution in [0.2, 0.25) is 0 Å². The van der Waals surface area contributed by atoms with Gasteiger partial charge in [-0.2, -0.15) is 0 Å². The van der Waals surface area contributed by atoms with Gasteiger partial charge in [-0.25, -0.2) is 0 Å². The molecule has 0 bridgehead atoms. The summed E-state index contributed by atoms with van der Waals surface area (Å²) in [5.41, 5.74) is 0.417. The quantitative estimate of drug-likeness (QED) is 0.261. The second-order valence-electron chi connectivity index (χ2n) is 6.40. The van der Waals surface area contributed by atoms with E-state index in [1.165, 1.54) is 51.4 Å². The highest BCUT2D eigenvalue weighted by Gasteiger charge is 2.13. The van der Waals surface area contributed by atoms with Crippen LogP contribution < -0.4 is 10.6 Å². The first-order valence-corrected chi connectivity index (χ1v) is 9.51. The van der Waals surface area contributed by atoms with E-state index >= 15 is 0 Å². The van der Waals surface area contributed by atoms with Crippen molar-refractivity contribution in [1.82, 2.24) is 5.32 Å². The summed E-state index contributed by atoms with van der Waals surface area (Å²) in [6.45, 7) is 2.83. The van der Waals surface area contributed by atoms with Gasteiger partial charge in [-0.15, -0.1) is 0 Å². The van der Waals surface area contributed by atoms with Crippen LogP contribution in [0.5, 0.6) is 5.75 Å². The van der Waals surface area contributed by atoms with Crippen molar-refractivity contribution in [3.63, 3.8) is 0 Å². The average Bonchev–Trinajstić information content (AvgIpc) is 2.61. The summed E-state index contributed by atoms with van der Waals surface area (Å²) >= 11 is 0. The van der Waals surface area contributed by atoms with Crippen molar-refractivity contribution in [1.29, 1.82) is 0 Å². The van der Waals surface area contributed by atoms with Gasteiger partial charge in [0, 0.05) is 6.54 Å². The zero-order valence-electron chi connectivity index (χ0n) is 15.4. The molecular weight excluding hydrogens is 316 g/mol. The highest BCUT2D eigenvalue weighted by molar-refractivity contribution is 5.99. The van der Waals surface area contributed by atoms with Gasteiger partial charge in [-0.3, -0.25) is 9.59 Å². The number of phenols is 1. The molecule has 5 nitrogen and oxygen atoms in total. The van der Waals surface area contributed by atoms with Gasteiger partial charge < -0.3 is 15.7 Å². The number of hydrogen-bond donors (Lipinski definition) is 3. The lowest BCUT2D eigenvalue weighted by molar-refractivity contribution is -0.105. The van der Waals surface area contributed by atoms with E-state index in [9.17, 15) is 14.7 Å². The van der Waals surface area contributed by atoms with E-state index in [0.717, 1.165) is 12.8 Å². The van der Waals surface area contributed by atoms with Crippen LogP contribution in [0.3, 0.4) is 0 Å². The molecule has 0 spiro atoms. The van der Waals surface area contributed by atoms with Crippen molar-refractivity contribution in [2.24, 2.45) is 0 Å². The molecule has 1 aromatic carbocycles. The van der Waals surface area contributed by atoms with Crippen LogP contribution in [0, 0.1) is 0 Å². The number of para-hydroxylation sites is 1. The summed E-state index contributed by atoms with van der Waals surface area (Å²) in [6.07, 6.45) is 13.0. The smallest absolute Gasteiger partial charge is 0.255 e.